The van der Waals surface area contributed by atoms with Gasteiger partial charge in [-0.2, -0.15) is 0 Å². The zero-order chi connectivity index (χ0) is 19.7. The van der Waals surface area contributed by atoms with Gasteiger partial charge in [0.2, 0.25) is 0 Å². The Morgan fingerprint density at radius 3 is 2.39 bits per heavy atom. The zero-order valence-corrected chi connectivity index (χ0v) is 17.5. The van der Waals surface area contributed by atoms with Crippen LogP contribution < -0.4 is 0 Å². The number of ketones is 1. The quantitative estimate of drug-likeness (QED) is 0.535. The van der Waals surface area contributed by atoms with Crippen molar-refractivity contribution in [2.45, 2.75) is 102 Å². The summed E-state index contributed by atoms with van der Waals surface area (Å²) in [5, 5.41) is 0. The molecule has 2 saturated heterocycles. The van der Waals surface area contributed by atoms with E-state index >= 15 is 0 Å². The summed E-state index contributed by atoms with van der Waals surface area (Å²) in [4.78, 5) is 24.0. The zero-order valence-electron chi connectivity index (χ0n) is 17.5. The van der Waals surface area contributed by atoms with Crippen LogP contribution in [-0.2, 0) is 23.8 Å². The second-order valence-electron chi connectivity index (χ2n) is 11.1. The van der Waals surface area contributed by atoms with E-state index in [0.29, 0.717) is 23.9 Å². The number of epoxide rings is 2. The first-order valence-electron chi connectivity index (χ1n) is 11.2. The topological polar surface area (TPSA) is 68.4 Å². The van der Waals surface area contributed by atoms with E-state index in [1.54, 1.807) is 6.92 Å². The third-order valence-electron chi connectivity index (χ3n) is 10.3. The number of esters is 1. The van der Waals surface area contributed by atoms with Gasteiger partial charge in [-0.05, 0) is 63.2 Å². The summed E-state index contributed by atoms with van der Waals surface area (Å²) in [6.07, 6.45) is 7.73. The Morgan fingerprint density at radius 2 is 1.68 bits per heavy atom. The van der Waals surface area contributed by atoms with Crippen molar-refractivity contribution >= 4 is 11.8 Å². The molecule has 0 aromatic carbocycles. The Morgan fingerprint density at radius 1 is 0.929 bits per heavy atom. The molecule has 5 heteroatoms. The van der Waals surface area contributed by atoms with Gasteiger partial charge in [0.1, 0.15) is 11.7 Å². The molecule has 1 spiro atoms. The highest BCUT2D eigenvalue weighted by molar-refractivity contribution is 5.90. The highest BCUT2D eigenvalue weighted by Gasteiger charge is 2.82. The van der Waals surface area contributed by atoms with Crippen molar-refractivity contribution in [1.29, 1.82) is 0 Å². The summed E-state index contributed by atoms with van der Waals surface area (Å²) in [7, 11) is 0. The molecule has 0 bridgehead atoms. The Balaban J connectivity index is 1.31. The third kappa shape index (κ3) is 1.79. The molecule has 5 nitrogen and oxygen atoms in total. The van der Waals surface area contributed by atoms with Crippen molar-refractivity contribution in [3.05, 3.63) is 0 Å². The molecule has 0 N–H and O–H groups in total. The number of hydrogen-bond donors (Lipinski definition) is 0. The Hall–Kier alpha value is -0.940. The van der Waals surface area contributed by atoms with Crippen LogP contribution in [0.4, 0.5) is 0 Å². The number of Topliss-reactive ketones (excluding diaryl/α,β-unsaturated/α-hetero) is 1. The fourth-order valence-electron chi connectivity index (χ4n) is 9.04. The number of carbonyl (C=O) groups is 2. The van der Waals surface area contributed by atoms with Crippen molar-refractivity contribution in [1.82, 2.24) is 0 Å². The minimum atomic E-state index is -0.491. The van der Waals surface area contributed by atoms with Crippen LogP contribution in [0.3, 0.4) is 0 Å². The van der Waals surface area contributed by atoms with Gasteiger partial charge in [0.05, 0.1) is 12.2 Å². The van der Waals surface area contributed by atoms with Crippen LogP contribution in [0, 0.1) is 28.6 Å². The number of rotatable bonds is 2. The third-order valence-corrected chi connectivity index (χ3v) is 10.3. The molecule has 0 amide bonds. The molecular weight excluding hydrogens is 356 g/mol. The van der Waals surface area contributed by atoms with Crippen LogP contribution in [0.15, 0.2) is 0 Å². The van der Waals surface area contributed by atoms with Crippen molar-refractivity contribution < 1.29 is 23.8 Å². The summed E-state index contributed by atoms with van der Waals surface area (Å²) in [5.74, 6) is 1.90. The molecule has 0 aromatic heterocycles. The normalized spacial score (nSPS) is 60.4. The fourth-order valence-corrected chi connectivity index (χ4v) is 9.04. The second-order valence-corrected chi connectivity index (χ2v) is 11.1. The number of fused-ring (bicyclic) bond motifs is 6. The fraction of sp³-hybridized carbons (Fsp3) is 0.913. The number of carbonyl (C=O) groups excluding carboxylic acids is 2. The largest absolute Gasteiger partial charge is 0.462 e. The molecule has 0 radical (unpaired) electrons. The van der Waals surface area contributed by atoms with Gasteiger partial charge in [0, 0.05) is 24.2 Å². The Kier molecular flexibility index (Phi) is 3.21. The van der Waals surface area contributed by atoms with E-state index in [4.69, 9.17) is 14.2 Å². The maximum absolute atomic E-state index is 12.5. The standard InChI is InChI=1S/C23H32O5/c1-12(24)23-19(28-23)10-17-15-9-18-22(27-18)11-14(26-13(2)25)5-7-20(22,3)16(15)6-8-21(17,23)4/h14-19H,5-11H2,1-4H3/t14-,15+,16-,17-,18+,19+,20+,21-,22-,23+/m0/s1. The molecule has 28 heavy (non-hydrogen) atoms. The van der Waals surface area contributed by atoms with E-state index in [1.165, 1.54) is 6.92 Å². The van der Waals surface area contributed by atoms with E-state index < -0.39 is 5.60 Å². The van der Waals surface area contributed by atoms with E-state index in [-0.39, 0.29) is 40.4 Å². The molecule has 4 saturated carbocycles. The van der Waals surface area contributed by atoms with Crippen molar-refractivity contribution in [2.24, 2.45) is 28.6 Å². The molecule has 6 aliphatic rings. The van der Waals surface area contributed by atoms with Crippen LogP contribution in [0.1, 0.15) is 72.6 Å². The van der Waals surface area contributed by atoms with Crippen molar-refractivity contribution in [2.75, 3.05) is 0 Å². The molecule has 0 unspecified atom stereocenters. The van der Waals surface area contributed by atoms with Gasteiger partial charge < -0.3 is 14.2 Å². The van der Waals surface area contributed by atoms with Crippen LogP contribution in [0.2, 0.25) is 0 Å². The SMILES string of the molecule is CC(=O)O[C@H]1CC[C@]2(C)[C@H]3CC[C@@]4(C)[C@@H](C[C@H]5O[C@]54C(C)=O)[C@@H]3C[C@H]3O[C@@]32C1. The first kappa shape index (κ1) is 17.9. The lowest BCUT2D eigenvalue weighted by molar-refractivity contribution is -0.161. The van der Waals surface area contributed by atoms with Crippen LogP contribution >= 0.6 is 0 Å². The van der Waals surface area contributed by atoms with Gasteiger partial charge in [-0.3, -0.25) is 9.59 Å². The average Bonchev–Trinajstić information content (AvgIpc) is 3.48. The second kappa shape index (κ2) is 5.03. The number of hydrogen-bond acceptors (Lipinski definition) is 5. The van der Waals surface area contributed by atoms with E-state index in [0.717, 1.165) is 44.9 Å². The smallest absolute Gasteiger partial charge is 0.302 e. The summed E-state index contributed by atoms with van der Waals surface area (Å²) >= 11 is 0. The molecule has 154 valence electrons. The highest BCUT2D eigenvalue weighted by Crippen LogP contribution is 2.77. The predicted molar refractivity (Wildman–Crippen MR) is 100 cm³/mol. The van der Waals surface area contributed by atoms with Crippen LogP contribution in [-0.4, -0.2) is 41.3 Å². The molecule has 10 atom stereocenters. The summed E-state index contributed by atoms with van der Waals surface area (Å²) in [6, 6.07) is 0. The number of ether oxygens (including phenoxy) is 3. The monoisotopic (exact) mass is 388 g/mol. The minimum Gasteiger partial charge on any atom is -0.462 e. The van der Waals surface area contributed by atoms with Gasteiger partial charge in [-0.15, -0.1) is 0 Å². The Bertz CT molecular complexity index is 779. The maximum Gasteiger partial charge on any atom is 0.302 e. The summed E-state index contributed by atoms with van der Waals surface area (Å²) in [5.41, 5.74) is -0.424. The summed E-state index contributed by atoms with van der Waals surface area (Å²) < 4.78 is 18.1. The molecule has 2 aliphatic heterocycles. The lowest BCUT2D eigenvalue weighted by Crippen LogP contribution is -2.60. The lowest BCUT2D eigenvalue weighted by atomic mass is 9.44. The van der Waals surface area contributed by atoms with Crippen molar-refractivity contribution in [3.8, 4) is 0 Å². The summed E-state index contributed by atoms with van der Waals surface area (Å²) in [6.45, 7) is 8.02. The molecule has 0 aromatic rings. The maximum atomic E-state index is 12.5. The van der Waals surface area contributed by atoms with Gasteiger partial charge >= 0.3 is 5.97 Å². The van der Waals surface area contributed by atoms with Gasteiger partial charge in [0.25, 0.3) is 0 Å². The minimum absolute atomic E-state index is 0.00879. The highest BCUT2D eigenvalue weighted by atomic mass is 16.6. The van der Waals surface area contributed by atoms with Crippen molar-refractivity contribution in [3.63, 3.8) is 0 Å². The average molecular weight is 389 g/mol. The van der Waals surface area contributed by atoms with Gasteiger partial charge in [-0.1, -0.05) is 13.8 Å². The Labute approximate surface area is 166 Å². The van der Waals surface area contributed by atoms with E-state index in [1.807, 2.05) is 0 Å². The van der Waals surface area contributed by atoms with Gasteiger partial charge in [-0.25, -0.2) is 0 Å². The van der Waals surface area contributed by atoms with E-state index in [2.05, 4.69) is 13.8 Å². The lowest BCUT2D eigenvalue weighted by Gasteiger charge is -2.59. The molecule has 6 rings (SSSR count). The molecular formula is C23H32O5. The molecule has 4 aliphatic carbocycles. The molecule has 2 heterocycles. The first-order chi connectivity index (χ1) is 13.2. The van der Waals surface area contributed by atoms with Crippen LogP contribution in [0.25, 0.3) is 0 Å². The van der Waals surface area contributed by atoms with E-state index in [9.17, 15) is 9.59 Å². The predicted octanol–water partition coefficient (Wildman–Crippen LogP) is 3.43. The van der Waals surface area contributed by atoms with Gasteiger partial charge in [0.15, 0.2) is 11.4 Å². The molecule has 6 fully saturated rings. The first-order valence-corrected chi connectivity index (χ1v) is 11.2. The van der Waals surface area contributed by atoms with Crippen LogP contribution in [0.5, 0.6) is 0 Å².